The van der Waals surface area contributed by atoms with Gasteiger partial charge in [0.25, 0.3) is 0 Å². The summed E-state index contributed by atoms with van der Waals surface area (Å²) in [6, 6.07) is 6.68. The number of hydrogen-bond donors (Lipinski definition) is 2. The molecule has 0 bridgehead atoms. The monoisotopic (exact) mass is 416 g/mol. The minimum Gasteiger partial charge on any atom is -0.433 e. The summed E-state index contributed by atoms with van der Waals surface area (Å²) in [4.78, 5) is 8.72. The second kappa shape index (κ2) is 10.3. The summed E-state index contributed by atoms with van der Waals surface area (Å²) in [7, 11) is 0. The van der Waals surface area contributed by atoms with E-state index in [1.807, 2.05) is 26.0 Å². The van der Waals surface area contributed by atoms with Crippen LogP contribution in [0.15, 0.2) is 35.5 Å². The van der Waals surface area contributed by atoms with E-state index in [1.165, 1.54) is 12.1 Å². The van der Waals surface area contributed by atoms with Gasteiger partial charge in [0.2, 0.25) is 0 Å². The number of rotatable bonds is 7. The van der Waals surface area contributed by atoms with Crippen molar-refractivity contribution < 1.29 is 13.5 Å². The highest BCUT2D eigenvalue weighted by molar-refractivity contribution is 6.35. The van der Waals surface area contributed by atoms with Gasteiger partial charge < -0.3 is 15.4 Å². The molecule has 9 heteroatoms. The molecule has 2 N–H and O–H groups in total. The van der Waals surface area contributed by atoms with Gasteiger partial charge >= 0.3 is 6.61 Å². The Hall–Kier alpha value is -2.12. The molecular weight excluding hydrogens is 397 g/mol. The van der Waals surface area contributed by atoms with E-state index in [1.54, 1.807) is 6.20 Å². The van der Waals surface area contributed by atoms with Gasteiger partial charge in [0.05, 0.1) is 23.8 Å². The van der Waals surface area contributed by atoms with E-state index in [4.69, 9.17) is 23.2 Å². The van der Waals surface area contributed by atoms with Crippen LogP contribution in [0.5, 0.6) is 5.75 Å². The molecule has 0 aliphatic carbocycles. The number of guanidine groups is 1. The Morgan fingerprint density at radius 2 is 2.07 bits per heavy atom. The number of aromatic nitrogens is 1. The van der Waals surface area contributed by atoms with E-state index in [0.717, 1.165) is 11.3 Å². The Morgan fingerprint density at radius 3 is 2.74 bits per heavy atom. The maximum Gasteiger partial charge on any atom is 0.387 e. The van der Waals surface area contributed by atoms with Crippen LogP contribution in [0.25, 0.3) is 0 Å². The van der Waals surface area contributed by atoms with E-state index < -0.39 is 6.61 Å². The normalized spacial score (nSPS) is 11.6. The van der Waals surface area contributed by atoms with Crippen LogP contribution in [-0.4, -0.2) is 24.1 Å². The summed E-state index contributed by atoms with van der Waals surface area (Å²) in [6.45, 7) is 2.04. The number of alkyl halides is 2. The first-order valence-corrected chi connectivity index (χ1v) is 9.01. The Labute approximate surface area is 166 Å². The Balaban J connectivity index is 2.17. The summed E-state index contributed by atoms with van der Waals surface area (Å²) < 4.78 is 29.9. The second-order valence-electron chi connectivity index (χ2n) is 5.57. The fourth-order valence-corrected chi connectivity index (χ4v) is 2.91. The molecule has 0 fully saturated rings. The van der Waals surface area contributed by atoms with Crippen LogP contribution >= 0.6 is 23.2 Å². The highest BCUT2D eigenvalue weighted by Gasteiger charge is 2.15. The van der Waals surface area contributed by atoms with Gasteiger partial charge in [-0.2, -0.15) is 8.78 Å². The molecule has 0 atom stereocenters. The van der Waals surface area contributed by atoms with Crippen LogP contribution in [0.4, 0.5) is 8.78 Å². The summed E-state index contributed by atoms with van der Waals surface area (Å²) in [5.41, 5.74) is 2.30. The van der Waals surface area contributed by atoms with Crippen molar-refractivity contribution in [1.29, 1.82) is 0 Å². The number of hydrogen-bond acceptors (Lipinski definition) is 3. The Morgan fingerprint density at radius 1 is 1.30 bits per heavy atom. The van der Waals surface area contributed by atoms with Gasteiger partial charge in [-0.05, 0) is 37.6 Å². The average molecular weight is 417 g/mol. The van der Waals surface area contributed by atoms with Crippen molar-refractivity contribution in [3.8, 4) is 5.75 Å². The predicted octanol–water partition coefficient (Wildman–Crippen LogP) is 4.55. The Kier molecular flexibility index (Phi) is 8.06. The molecule has 0 unspecified atom stereocenters. The minimum atomic E-state index is -3.00. The quantitative estimate of drug-likeness (QED) is 0.513. The molecule has 0 saturated heterocycles. The van der Waals surface area contributed by atoms with Crippen LogP contribution < -0.4 is 15.4 Å². The largest absolute Gasteiger partial charge is 0.433 e. The molecule has 0 spiro atoms. The molecule has 2 rings (SSSR count). The van der Waals surface area contributed by atoms with Gasteiger partial charge in [-0.1, -0.05) is 29.3 Å². The Bertz CT molecular complexity index is 803. The van der Waals surface area contributed by atoms with Crippen molar-refractivity contribution in [3.05, 3.63) is 57.3 Å². The molecule has 27 heavy (non-hydrogen) atoms. The first-order chi connectivity index (χ1) is 12.9. The highest BCUT2D eigenvalue weighted by Crippen LogP contribution is 2.34. The van der Waals surface area contributed by atoms with Gasteiger partial charge in [0, 0.05) is 23.3 Å². The smallest absolute Gasteiger partial charge is 0.387 e. The lowest BCUT2D eigenvalue weighted by Gasteiger charge is -2.14. The zero-order chi connectivity index (χ0) is 19.8. The average Bonchev–Trinajstić information content (AvgIpc) is 2.61. The molecule has 1 aromatic carbocycles. The van der Waals surface area contributed by atoms with E-state index in [0.29, 0.717) is 29.6 Å². The molecule has 0 saturated carbocycles. The van der Waals surface area contributed by atoms with Crippen molar-refractivity contribution in [3.63, 3.8) is 0 Å². The number of nitrogens with one attached hydrogen (secondary N) is 2. The minimum absolute atomic E-state index is 0.00932. The summed E-state index contributed by atoms with van der Waals surface area (Å²) in [5.74, 6) is 0.373. The lowest BCUT2D eigenvalue weighted by molar-refractivity contribution is -0.0503. The van der Waals surface area contributed by atoms with Gasteiger partial charge in [-0.3, -0.25) is 4.98 Å². The lowest BCUT2D eigenvalue weighted by Crippen LogP contribution is -2.37. The molecule has 2 aromatic rings. The fraction of sp³-hybridized carbons (Fsp3) is 0.333. The summed E-state index contributed by atoms with van der Waals surface area (Å²) in [5, 5.41) is 6.57. The van der Waals surface area contributed by atoms with E-state index >= 15 is 0 Å². The summed E-state index contributed by atoms with van der Waals surface area (Å²) >= 11 is 12.0. The fourth-order valence-electron chi connectivity index (χ4n) is 2.33. The standard InChI is InChI=1S/C18H20Cl2F2N4O/c1-3-23-18(26-10-15-11(2)5-4-6-24-15)25-9-12-7-13(19)8-14(20)16(12)27-17(21)22/h4-8,17H,3,9-10H2,1-2H3,(H2,23,25,26). The van der Waals surface area contributed by atoms with Gasteiger partial charge in [-0.15, -0.1) is 0 Å². The van der Waals surface area contributed by atoms with Crippen LogP contribution in [-0.2, 0) is 13.1 Å². The second-order valence-corrected chi connectivity index (χ2v) is 6.41. The molecule has 0 aliphatic rings. The maximum absolute atomic E-state index is 12.7. The number of aliphatic imine (C=N–C) groups is 1. The van der Waals surface area contributed by atoms with E-state index in [-0.39, 0.29) is 17.3 Å². The number of halogens is 4. The number of benzene rings is 1. The van der Waals surface area contributed by atoms with Crippen LogP contribution in [0, 0.1) is 6.92 Å². The number of pyridine rings is 1. The van der Waals surface area contributed by atoms with Crippen molar-refractivity contribution in [2.24, 2.45) is 4.99 Å². The molecule has 146 valence electrons. The van der Waals surface area contributed by atoms with Gasteiger partial charge in [0.1, 0.15) is 5.75 Å². The molecule has 0 aliphatic heterocycles. The van der Waals surface area contributed by atoms with Crippen LogP contribution in [0.3, 0.4) is 0 Å². The predicted molar refractivity (Wildman–Crippen MR) is 104 cm³/mol. The first-order valence-electron chi connectivity index (χ1n) is 8.26. The van der Waals surface area contributed by atoms with E-state index in [9.17, 15) is 8.78 Å². The van der Waals surface area contributed by atoms with E-state index in [2.05, 4.69) is 25.3 Å². The number of ether oxygens (including phenoxy) is 1. The third kappa shape index (κ3) is 6.52. The third-order valence-corrected chi connectivity index (χ3v) is 4.08. The summed E-state index contributed by atoms with van der Waals surface area (Å²) in [6.07, 6.45) is 1.72. The zero-order valence-electron chi connectivity index (χ0n) is 14.9. The first kappa shape index (κ1) is 21.2. The molecule has 0 radical (unpaired) electrons. The van der Waals surface area contributed by atoms with Gasteiger partial charge in [0.15, 0.2) is 5.96 Å². The topological polar surface area (TPSA) is 58.5 Å². The molecule has 1 aromatic heterocycles. The molecule has 0 amide bonds. The maximum atomic E-state index is 12.7. The molecule has 1 heterocycles. The third-order valence-electron chi connectivity index (χ3n) is 3.59. The van der Waals surface area contributed by atoms with Crippen molar-refractivity contribution >= 4 is 29.2 Å². The SMILES string of the molecule is CCNC(=NCc1cc(Cl)cc(Cl)c1OC(F)F)NCc1ncccc1C. The number of nitrogens with zero attached hydrogens (tertiary/aromatic N) is 2. The van der Waals surface area contributed by atoms with Crippen molar-refractivity contribution in [2.75, 3.05) is 6.54 Å². The lowest BCUT2D eigenvalue weighted by atomic mass is 10.2. The van der Waals surface area contributed by atoms with Crippen LogP contribution in [0.1, 0.15) is 23.7 Å². The van der Waals surface area contributed by atoms with Crippen LogP contribution in [0.2, 0.25) is 10.0 Å². The van der Waals surface area contributed by atoms with Gasteiger partial charge in [-0.25, -0.2) is 4.99 Å². The zero-order valence-corrected chi connectivity index (χ0v) is 16.4. The molecular formula is C18H20Cl2F2N4O. The van der Waals surface area contributed by atoms with Crippen molar-refractivity contribution in [1.82, 2.24) is 15.6 Å². The number of aryl methyl sites for hydroxylation is 1. The molecule has 5 nitrogen and oxygen atoms in total. The van der Waals surface area contributed by atoms with Crippen molar-refractivity contribution in [2.45, 2.75) is 33.5 Å². The highest BCUT2D eigenvalue weighted by atomic mass is 35.5.